The van der Waals surface area contributed by atoms with Crippen LogP contribution in [0.4, 0.5) is 5.82 Å². The van der Waals surface area contributed by atoms with Crippen molar-refractivity contribution < 1.29 is 4.74 Å². The van der Waals surface area contributed by atoms with Crippen LogP contribution < -0.4 is 10.2 Å². The number of rotatable bonds is 4. The predicted octanol–water partition coefficient (Wildman–Crippen LogP) is 4.50. The number of hydrazone groups is 1. The minimum atomic E-state index is 0.165. The molecule has 0 amide bonds. The Labute approximate surface area is 131 Å². The highest BCUT2D eigenvalue weighted by Crippen LogP contribution is 2.28. The fraction of sp³-hybridized carbons (Fsp3) is 0.0769. The van der Waals surface area contributed by atoms with E-state index in [0.29, 0.717) is 15.9 Å². The van der Waals surface area contributed by atoms with Crippen LogP contribution in [0, 0.1) is 0 Å². The van der Waals surface area contributed by atoms with Crippen molar-refractivity contribution in [1.82, 2.24) is 4.98 Å². The molecule has 0 aliphatic heterocycles. The lowest BCUT2D eigenvalue weighted by molar-refractivity contribution is 0.415. The average molecular weight is 331 g/mol. The summed E-state index contributed by atoms with van der Waals surface area (Å²) in [6.07, 6.45) is 1.62. The quantitative estimate of drug-likeness (QED) is 0.510. The Bertz CT molecular complexity index is 630. The van der Waals surface area contributed by atoms with Crippen molar-refractivity contribution in [2.24, 2.45) is 5.10 Å². The van der Waals surface area contributed by atoms with Gasteiger partial charge in [0, 0.05) is 0 Å². The summed E-state index contributed by atoms with van der Waals surface area (Å²) in [7, 11) is 1.61. The number of benzene rings is 1. The zero-order chi connectivity index (χ0) is 14.5. The van der Waals surface area contributed by atoms with Crippen LogP contribution in [-0.2, 0) is 0 Å². The molecular weight excluding hydrogens is 321 g/mol. The summed E-state index contributed by atoms with van der Waals surface area (Å²) in [6.45, 7) is 0. The standard InChI is InChI=1S/C13H10Cl3N3O/c1-20-9-4-2-8(3-5-9)7-17-19-13-11(15)6-10(14)12(16)18-13/h2-7H,1H3,(H,18,19). The van der Waals surface area contributed by atoms with Crippen LogP contribution in [0.15, 0.2) is 35.4 Å². The highest BCUT2D eigenvalue weighted by atomic mass is 35.5. The van der Waals surface area contributed by atoms with Gasteiger partial charge in [-0.15, -0.1) is 0 Å². The lowest BCUT2D eigenvalue weighted by atomic mass is 10.2. The third-order valence-corrected chi connectivity index (χ3v) is 3.35. The second-order valence-electron chi connectivity index (χ2n) is 3.73. The van der Waals surface area contributed by atoms with E-state index >= 15 is 0 Å². The van der Waals surface area contributed by atoms with E-state index in [1.807, 2.05) is 24.3 Å². The molecule has 1 heterocycles. The molecular formula is C13H10Cl3N3O. The number of nitrogens with zero attached hydrogens (tertiary/aromatic N) is 2. The van der Waals surface area contributed by atoms with E-state index in [9.17, 15) is 0 Å². The molecule has 0 spiro atoms. The van der Waals surface area contributed by atoms with Gasteiger partial charge in [-0.25, -0.2) is 4.98 Å². The van der Waals surface area contributed by atoms with Crippen LogP contribution in [-0.4, -0.2) is 18.3 Å². The zero-order valence-corrected chi connectivity index (χ0v) is 12.7. The molecule has 0 fully saturated rings. The SMILES string of the molecule is COc1ccc(C=NNc2nc(Cl)c(Cl)cc2Cl)cc1. The van der Waals surface area contributed by atoms with Crippen molar-refractivity contribution in [1.29, 1.82) is 0 Å². The maximum atomic E-state index is 5.96. The first-order valence-corrected chi connectivity index (χ1v) is 6.68. The summed E-state index contributed by atoms with van der Waals surface area (Å²) in [6, 6.07) is 8.92. The topological polar surface area (TPSA) is 46.5 Å². The first-order valence-electron chi connectivity index (χ1n) is 5.55. The van der Waals surface area contributed by atoms with Crippen molar-refractivity contribution in [2.75, 3.05) is 12.5 Å². The number of halogens is 3. The lowest BCUT2D eigenvalue weighted by Gasteiger charge is -2.04. The highest BCUT2D eigenvalue weighted by molar-refractivity contribution is 6.42. The summed E-state index contributed by atoms with van der Waals surface area (Å²) in [5.41, 5.74) is 3.61. The van der Waals surface area contributed by atoms with Crippen LogP contribution in [0.3, 0.4) is 0 Å². The van der Waals surface area contributed by atoms with Gasteiger partial charge in [0.2, 0.25) is 0 Å². The molecule has 0 aliphatic carbocycles. The smallest absolute Gasteiger partial charge is 0.166 e. The number of aromatic nitrogens is 1. The molecule has 1 aromatic heterocycles. The molecule has 20 heavy (non-hydrogen) atoms. The van der Waals surface area contributed by atoms with Gasteiger partial charge in [-0.05, 0) is 35.9 Å². The van der Waals surface area contributed by atoms with Gasteiger partial charge in [-0.3, -0.25) is 5.43 Å². The van der Waals surface area contributed by atoms with Crippen molar-refractivity contribution in [3.63, 3.8) is 0 Å². The number of anilines is 1. The van der Waals surface area contributed by atoms with Gasteiger partial charge in [0.05, 0.1) is 23.4 Å². The van der Waals surface area contributed by atoms with Crippen LogP contribution in [0.2, 0.25) is 15.2 Å². The first-order chi connectivity index (χ1) is 9.60. The van der Waals surface area contributed by atoms with Crippen LogP contribution in [0.1, 0.15) is 5.56 Å². The minimum absolute atomic E-state index is 0.165. The molecule has 0 radical (unpaired) electrons. The van der Waals surface area contributed by atoms with E-state index in [4.69, 9.17) is 39.5 Å². The maximum absolute atomic E-state index is 5.96. The molecule has 104 valence electrons. The molecule has 1 aromatic carbocycles. The van der Waals surface area contributed by atoms with E-state index in [-0.39, 0.29) is 5.15 Å². The number of hydrogen-bond acceptors (Lipinski definition) is 4. The molecule has 4 nitrogen and oxygen atoms in total. The fourth-order valence-electron chi connectivity index (χ4n) is 1.38. The van der Waals surface area contributed by atoms with Gasteiger partial charge in [0.15, 0.2) is 5.82 Å². The number of hydrogen-bond donors (Lipinski definition) is 1. The summed E-state index contributed by atoms with van der Waals surface area (Å²) >= 11 is 17.6. The number of pyridine rings is 1. The van der Waals surface area contributed by atoms with Crippen LogP contribution in [0.5, 0.6) is 5.75 Å². The minimum Gasteiger partial charge on any atom is -0.497 e. The van der Waals surface area contributed by atoms with E-state index in [1.165, 1.54) is 6.07 Å². The molecule has 0 bridgehead atoms. The molecule has 0 aliphatic rings. The third kappa shape index (κ3) is 3.76. The van der Waals surface area contributed by atoms with Crippen LogP contribution >= 0.6 is 34.8 Å². The van der Waals surface area contributed by atoms with E-state index in [0.717, 1.165) is 11.3 Å². The first kappa shape index (κ1) is 14.9. The Morgan fingerprint density at radius 2 is 1.85 bits per heavy atom. The highest BCUT2D eigenvalue weighted by Gasteiger charge is 2.06. The zero-order valence-electron chi connectivity index (χ0n) is 10.4. The van der Waals surface area contributed by atoms with Gasteiger partial charge in [0.25, 0.3) is 0 Å². The average Bonchev–Trinajstić information content (AvgIpc) is 2.45. The van der Waals surface area contributed by atoms with Crippen LogP contribution in [0.25, 0.3) is 0 Å². The Kier molecular flexibility index (Phi) is 5.06. The van der Waals surface area contributed by atoms with Gasteiger partial charge >= 0.3 is 0 Å². The summed E-state index contributed by atoms with van der Waals surface area (Å²) in [5, 5.41) is 4.83. The Morgan fingerprint density at radius 1 is 1.15 bits per heavy atom. The molecule has 2 aromatic rings. The number of methoxy groups -OCH3 is 1. The second kappa shape index (κ2) is 6.79. The summed E-state index contributed by atoms with van der Waals surface area (Å²) in [5.74, 6) is 1.12. The van der Waals surface area contributed by atoms with Gasteiger partial charge < -0.3 is 4.74 Å². The van der Waals surface area contributed by atoms with Gasteiger partial charge in [0.1, 0.15) is 10.9 Å². The molecule has 0 saturated heterocycles. The molecule has 0 atom stereocenters. The number of ether oxygens (including phenoxy) is 1. The Morgan fingerprint density at radius 3 is 2.50 bits per heavy atom. The lowest BCUT2D eigenvalue weighted by Crippen LogP contribution is -1.95. The number of nitrogens with one attached hydrogen (secondary N) is 1. The molecule has 2 rings (SSSR count). The maximum Gasteiger partial charge on any atom is 0.166 e. The van der Waals surface area contributed by atoms with Gasteiger partial charge in [-0.1, -0.05) is 34.8 Å². The largest absolute Gasteiger partial charge is 0.497 e. The Hall–Kier alpha value is -1.49. The second-order valence-corrected chi connectivity index (χ2v) is 4.91. The fourth-order valence-corrected chi connectivity index (χ4v) is 1.92. The van der Waals surface area contributed by atoms with Crippen molar-refractivity contribution >= 4 is 46.8 Å². The van der Waals surface area contributed by atoms with Crippen molar-refractivity contribution in [2.45, 2.75) is 0 Å². The normalized spacial score (nSPS) is 10.8. The molecule has 7 heteroatoms. The molecule has 0 saturated carbocycles. The van der Waals surface area contributed by atoms with E-state index in [1.54, 1.807) is 13.3 Å². The van der Waals surface area contributed by atoms with E-state index < -0.39 is 0 Å². The molecule has 1 N–H and O–H groups in total. The van der Waals surface area contributed by atoms with Crippen molar-refractivity contribution in [3.05, 3.63) is 51.1 Å². The monoisotopic (exact) mass is 329 g/mol. The predicted molar refractivity (Wildman–Crippen MR) is 83.5 cm³/mol. The van der Waals surface area contributed by atoms with Crippen molar-refractivity contribution in [3.8, 4) is 5.75 Å². The van der Waals surface area contributed by atoms with Gasteiger partial charge in [-0.2, -0.15) is 5.10 Å². The summed E-state index contributed by atoms with van der Waals surface area (Å²) in [4.78, 5) is 3.99. The molecule has 0 unspecified atom stereocenters. The summed E-state index contributed by atoms with van der Waals surface area (Å²) < 4.78 is 5.07. The third-order valence-electron chi connectivity index (χ3n) is 2.39. The Balaban J connectivity index is 2.07. The van der Waals surface area contributed by atoms with E-state index in [2.05, 4.69) is 15.5 Å².